The quantitative estimate of drug-likeness (QED) is 0.355. The fraction of sp³-hybridized carbons (Fsp3) is 0. The van der Waals surface area contributed by atoms with Gasteiger partial charge in [-0.25, -0.2) is 4.99 Å². The van der Waals surface area contributed by atoms with Gasteiger partial charge in [-0.15, -0.1) is 0 Å². The minimum Gasteiger partial charge on any atom is -0.457 e. The smallest absolute Gasteiger partial charge is 0.270 e. The Morgan fingerprint density at radius 2 is 1.97 bits per heavy atom. The van der Waals surface area contributed by atoms with Crippen molar-refractivity contribution < 1.29 is 18.9 Å². The Hall–Kier alpha value is -4.18. The largest absolute Gasteiger partial charge is 0.457 e. The van der Waals surface area contributed by atoms with Gasteiger partial charge in [-0.3, -0.25) is 19.7 Å². The second-order valence-corrected chi connectivity index (χ2v) is 7.40. The summed E-state index contributed by atoms with van der Waals surface area (Å²) in [5.41, 5.74) is 6.46. The summed E-state index contributed by atoms with van der Waals surface area (Å²) in [5, 5.41) is 13.9. The molecule has 3 aromatic rings. The molecule has 0 unspecified atom stereocenters. The molecule has 0 aliphatic carbocycles. The number of nitrogens with one attached hydrogen (secondary N) is 1. The Bertz CT molecular complexity index is 1280. The van der Waals surface area contributed by atoms with Crippen LogP contribution >= 0.6 is 11.8 Å². The van der Waals surface area contributed by atoms with Crippen LogP contribution in [0.1, 0.15) is 16.1 Å². The van der Waals surface area contributed by atoms with E-state index in [0.29, 0.717) is 32.8 Å². The Balaban J connectivity index is 1.57. The van der Waals surface area contributed by atoms with Crippen molar-refractivity contribution in [3.63, 3.8) is 0 Å². The molecular formula is C21H14N4O5S. The monoisotopic (exact) mass is 434 g/mol. The molecule has 0 atom stereocenters. The molecule has 31 heavy (non-hydrogen) atoms. The number of furan rings is 1. The zero-order valence-electron chi connectivity index (χ0n) is 15.8. The van der Waals surface area contributed by atoms with Gasteiger partial charge in [0.05, 0.1) is 21.1 Å². The highest BCUT2D eigenvalue weighted by atomic mass is 32.2. The Morgan fingerprint density at radius 3 is 2.74 bits per heavy atom. The van der Waals surface area contributed by atoms with Crippen molar-refractivity contribution in [1.82, 2.24) is 5.32 Å². The van der Waals surface area contributed by atoms with Gasteiger partial charge in [-0.1, -0.05) is 24.3 Å². The standard InChI is InChI=1S/C21H14N4O5S/c22-19(26)15-6-1-2-7-16(15)23-21-24-20(27)18(31-21)11-14-8-9-17(30-14)12-4-3-5-13(10-12)25(28)29/h1-11H,(H2,22,26)(H,23,24,27)/b18-11+. The van der Waals surface area contributed by atoms with Crippen LogP contribution < -0.4 is 11.1 Å². The number of carbonyl (C=O) groups is 2. The molecule has 4 rings (SSSR count). The van der Waals surface area contributed by atoms with Crippen LogP contribution in [0.15, 0.2) is 75.0 Å². The summed E-state index contributed by atoms with van der Waals surface area (Å²) < 4.78 is 5.73. The van der Waals surface area contributed by atoms with Crippen molar-refractivity contribution in [1.29, 1.82) is 0 Å². The van der Waals surface area contributed by atoms with Gasteiger partial charge in [-0.2, -0.15) is 0 Å². The SMILES string of the molecule is NC(=O)c1ccccc1N=C1NC(=O)/C(=C\c2ccc(-c3cccc([N+](=O)[O-])c3)o2)S1. The zero-order valence-corrected chi connectivity index (χ0v) is 16.6. The fourth-order valence-electron chi connectivity index (χ4n) is 2.86. The molecule has 1 aromatic heterocycles. The first kappa shape index (κ1) is 20.1. The van der Waals surface area contributed by atoms with Crippen LogP contribution in [0.2, 0.25) is 0 Å². The molecule has 9 nitrogen and oxygen atoms in total. The minimum absolute atomic E-state index is 0.0448. The molecule has 1 aliphatic heterocycles. The summed E-state index contributed by atoms with van der Waals surface area (Å²) in [4.78, 5) is 39.0. The van der Waals surface area contributed by atoms with E-state index in [4.69, 9.17) is 10.2 Å². The molecule has 2 heterocycles. The third kappa shape index (κ3) is 4.38. The summed E-state index contributed by atoms with van der Waals surface area (Å²) in [7, 11) is 0. The van der Waals surface area contributed by atoms with Crippen LogP contribution in [0.3, 0.4) is 0 Å². The number of aliphatic imine (C=N–C) groups is 1. The third-order valence-corrected chi connectivity index (χ3v) is 5.19. The molecule has 3 N–H and O–H groups in total. The normalized spacial score (nSPS) is 15.9. The van der Waals surface area contributed by atoms with Crippen LogP contribution in [-0.2, 0) is 4.79 Å². The van der Waals surface area contributed by atoms with E-state index in [1.54, 1.807) is 54.6 Å². The van der Waals surface area contributed by atoms with Crippen molar-refractivity contribution in [2.45, 2.75) is 0 Å². The molecular weight excluding hydrogens is 420 g/mol. The minimum atomic E-state index is -0.616. The zero-order chi connectivity index (χ0) is 22.0. The topological polar surface area (TPSA) is 141 Å². The number of amidine groups is 1. The summed E-state index contributed by atoms with van der Waals surface area (Å²) in [6, 6.07) is 16.0. The molecule has 1 aliphatic rings. The number of rotatable bonds is 5. The maximum atomic E-state index is 12.3. The summed E-state index contributed by atoms with van der Waals surface area (Å²) in [6.45, 7) is 0. The number of non-ortho nitro benzene ring substituents is 1. The number of thioether (sulfide) groups is 1. The second kappa shape index (κ2) is 8.28. The number of nitro benzene ring substituents is 1. The lowest BCUT2D eigenvalue weighted by molar-refractivity contribution is -0.384. The predicted octanol–water partition coefficient (Wildman–Crippen LogP) is 3.85. The molecule has 0 radical (unpaired) electrons. The van der Waals surface area contributed by atoms with Crippen LogP contribution in [0.4, 0.5) is 11.4 Å². The lowest BCUT2D eigenvalue weighted by atomic mass is 10.1. The van der Waals surface area contributed by atoms with Gasteiger partial charge in [0.25, 0.3) is 17.5 Å². The van der Waals surface area contributed by atoms with Crippen molar-refractivity contribution in [2.24, 2.45) is 10.7 Å². The average Bonchev–Trinajstić information content (AvgIpc) is 3.35. The number of nitro groups is 1. The average molecular weight is 434 g/mol. The van der Waals surface area contributed by atoms with Gasteiger partial charge in [0, 0.05) is 23.8 Å². The van der Waals surface area contributed by atoms with Gasteiger partial charge in [0.2, 0.25) is 0 Å². The number of para-hydroxylation sites is 1. The van der Waals surface area contributed by atoms with Crippen LogP contribution in [0.5, 0.6) is 0 Å². The maximum absolute atomic E-state index is 12.3. The van der Waals surface area contributed by atoms with Crippen molar-refractivity contribution >= 4 is 46.2 Å². The van der Waals surface area contributed by atoms with E-state index >= 15 is 0 Å². The van der Waals surface area contributed by atoms with E-state index in [1.807, 2.05) is 0 Å². The van der Waals surface area contributed by atoms with E-state index in [2.05, 4.69) is 10.3 Å². The summed E-state index contributed by atoms with van der Waals surface area (Å²) in [5.74, 6) is -0.149. The predicted molar refractivity (Wildman–Crippen MR) is 117 cm³/mol. The number of nitrogens with two attached hydrogens (primary N) is 1. The highest BCUT2D eigenvalue weighted by Gasteiger charge is 2.25. The van der Waals surface area contributed by atoms with Gasteiger partial charge in [0.1, 0.15) is 11.5 Å². The molecule has 154 valence electrons. The molecule has 2 amide bonds. The van der Waals surface area contributed by atoms with E-state index in [-0.39, 0.29) is 17.2 Å². The number of hydrogen-bond acceptors (Lipinski definition) is 7. The number of amides is 2. The fourth-order valence-corrected chi connectivity index (χ4v) is 3.67. The highest BCUT2D eigenvalue weighted by molar-refractivity contribution is 8.18. The lowest BCUT2D eigenvalue weighted by Crippen LogP contribution is -2.19. The highest BCUT2D eigenvalue weighted by Crippen LogP contribution is 2.31. The van der Waals surface area contributed by atoms with E-state index in [9.17, 15) is 19.7 Å². The second-order valence-electron chi connectivity index (χ2n) is 6.37. The van der Waals surface area contributed by atoms with Gasteiger partial charge >= 0.3 is 0 Å². The Morgan fingerprint density at radius 1 is 1.16 bits per heavy atom. The number of carbonyl (C=O) groups excluding carboxylic acids is 2. The first-order valence-corrected chi connectivity index (χ1v) is 9.75. The number of primary amides is 1. The number of hydrogen-bond donors (Lipinski definition) is 2. The molecule has 2 aromatic carbocycles. The first-order valence-electron chi connectivity index (χ1n) is 8.94. The molecule has 1 saturated heterocycles. The number of nitrogens with zero attached hydrogens (tertiary/aromatic N) is 2. The van der Waals surface area contributed by atoms with E-state index in [0.717, 1.165) is 11.8 Å². The number of benzene rings is 2. The molecule has 10 heteroatoms. The first-order chi connectivity index (χ1) is 14.9. The van der Waals surface area contributed by atoms with Crippen LogP contribution in [-0.4, -0.2) is 21.9 Å². The Kier molecular flexibility index (Phi) is 5.37. The van der Waals surface area contributed by atoms with Crippen molar-refractivity contribution in [3.8, 4) is 11.3 Å². The third-order valence-electron chi connectivity index (χ3n) is 4.28. The maximum Gasteiger partial charge on any atom is 0.270 e. The summed E-state index contributed by atoms with van der Waals surface area (Å²) in [6.07, 6.45) is 1.55. The molecule has 0 bridgehead atoms. The van der Waals surface area contributed by atoms with Gasteiger partial charge in [0.15, 0.2) is 5.17 Å². The van der Waals surface area contributed by atoms with Crippen molar-refractivity contribution in [2.75, 3.05) is 0 Å². The van der Waals surface area contributed by atoms with Crippen LogP contribution in [0.25, 0.3) is 17.4 Å². The van der Waals surface area contributed by atoms with E-state index < -0.39 is 10.8 Å². The lowest BCUT2D eigenvalue weighted by Gasteiger charge is -2.01. The van der Waals surface area contributed by atoms with Crippen LogP contribution in [0, 0.1) is 10.1 Å². The molecule has 0 spiro atoms. The summed E-state index contributed by atoms with van der Waals surface area (Å²) >= 11 is 1.09. The van der Waals surface area contributed by atoms with Gasteiger partial charge < -0.3 is 15.5 Å². The van der Waals surface area contributed by atoms with Gasteiger partial charge in [-0.05, 0) is 36.0 Å². The molecule has 1 fully saturated rings. The van der Waals surface area contributed by atoms with E-state index in [1.165, 1.54) is 12.1 Å². The molecule has 0 saturated carbocycles. The Labute approximate surface area is 179 Å². The van der Waals surface area contributed by atoms with Crippen molar-refractivity contribution in [3.05, 3.63) is 87.0 Å².